The van der Waals surface area contributed by atoms with E-state index in [1.807, 2.05) is 6.07 Å². The molecule has 0 spiro atoms. The first kappa shape index (κ1) is 15.3. The van der Waals surface area contributed by atoms with Gasteiger partial charge in [-0.2, -0.15) is 0 Å². The Kier molecular flexibility index (Phi) is 4.64. The third-order valence-electron chi connectivity index (χ3n) is 4.08. The Labute approximate surface area is 135 Å². The van der Waals surface area contributed by atoms with Gasteiger partial charge in [-0.05, 0) is 43.5 Å². The first-order valence-electron chi connectivity index (χ1n) is 7.77. The summed E-state index contributed by atoms with van der Waals surface area (Å²) < 4.78 is 2.25. The van der Waals surface area contributed by atoms with Gasteiger partial charge in [0.2, 0.25) is 0 Å². The lowest BCUT2D eigenvalue weighted by Crippen LogP contribution is -2.22. The van der Waals surface area contributed by atoms with Crippen LogP contribution >= 0.6 is 11.6 Å². The molecule has 1 atom stereocenters. The normalized spacial score (nSPS) is 16.1. The number of benzene rings is 1. The van der Waals surface area contributed by atoms with E-state index in [1.54, 1.807) is 6.07 Å². The number of hydrogen-bond donors (Lipinski definition) is 2. The minimum Gasteiger partial charge on any atom is -0.508 e. The van der Waals surface area contributed by atoms with Gasteiger partial charge in [0.25, 0.3) is 0 Å². The third-order valence-corrected chi connectivity index (χ3v) is 4.30. The summed E-state index contributed by atoms with van der Waals surface area (Å²) in [6, 6.07) is 5.20. The van der Waals surface area contributed by atoms with Gasteiger partial charge in [-0.25, -0.2) is 0 Å². The van der Waals surface area contributed by atoms with Crippen LogP contribution in [0.5, 0.6) is 5.75 Å². The van der Waals surface area contributed by atoms with E-state index >= 15 is 0 Å². The van der Waals surface area contributed by atoms with Crippen LogP contribution in [0.1, 0.15) is 49.4 Å². The van der Waals surface area contributed by atoms with Crippen molar-refractivity contribution in [1.82, 2.24) is 20.1 Å². The summed E-state index contributed by atoms with van der Waals surface area (Å²) >= 11 is 5.96. The Balaban J connectivity index is 1.69. The number of hydrogen-bond acceptors (Lipinski definition) is 4. The molecule has 0 fully saturated rings. The minimum atomic E-state index is 0.0977. The van der Waals surface area contributed by atoms with Crippen LogP contribution in [-0.4, -0.2) is 19.9 Å². The Hall–Kier alpha value is -1.59. The number of nitrogens with zero attached hydrogens (tertiary/aromatic N) is 3. The third kappa shape index (κ3) is 3.42. The van der Waals surface area contributed by atoms with Crippen molar-refractivity contribution in [3.63, 3.8) is 0 Å². The maximum atomic E-state index is 9.59. The molecule has 118 valence electrons. The summed E-state index contributed by atoms with van der Waals surface area (Å²) in [6.45, 7) is 3.71. The number of nitrogens with one attached hydrogen (secondary N) is 1. The maximum absolute atomic E-state index is 9.59. The van der Waals surface area contributed by atoms with Crippen molar-refractivity contribution >= 4 is 11.6 Å². The molecule has 2 N–H and O–H groups in total. The monoisotopic (exact) mass is 320 g/mol. The zero-order chi connectivity index (χ0) is 15.5. The summed E-state index contributed by atoms with van der Waals surface area (Å²) in [5.41, 5.74) is 0.951. The highest BCUT2D eigenvalue weighted by Crippen LogP contribution is 2.21. The quantitative estimate of drug-likeness (QED) is 0.908. The zero-order valence-electron chi connectivity index (χ0n) is 12.7. The number of halogens is 1. The molecule has 2 heterocycles. The second-order valence-electron chi connectivity index (χ2n) is 5.86. The second-order valence-corrected chi connectivity index (χ2v) is 6.29. The molecule has 6 heteroatoms. The van der Waals surface area contributed by atoms with Gasteiger partial charge in [0.1, 0.15) is 17.4 Å². The highest BCUT2D eigenvalue weighted by Gasteiger charge is 2.18. The van der Waals surface area contributed by atoms with Crippen molar-refractivity contribution in [1.29, 1.82) is 0 Å². The Morgan fingerprint density at radius 3 is 2.95 bits per heavy atom. The van der Waals surface area contributed by atoms with Crippen molar-refractivity contribution in [3.05, 3.63) is 40.4 Å². The number of fused-ring (bicyclic) bond motifs is 1. The molecular weight excluding hydrogens is 300 g/mol. The van der Waals surface area contributed by atoms with Gasteiger partial charge in [0.15, 0.2) is 0 Å². The molecule has 0 bridgehead atoms. The molecule has 2 aromatic rings. The van der Waals surface area contributed by atoms with Gasteiger partial charge < -0.3 is 15.0 Å². The van der Waals surface area contributed by atoms with E-state index in [0.29, 0.717) is 11.6 Å². The zero-order valence-corrected chi connectivity index (χ0v) is 13.5. The van der Waals surface area contributed by atoms with Gasteiger partial charge in [-0.15, -0.1) is 10.2 Å². The molecule has 0 saturated heterocycles. The molecule has 1 aromatic carbocycles. The van der Waals surface area contributed by atoms with Crippen molar-refractivity contribution in [3.8, 4) is 5.75 Å². The lowest BCUT2D eigenvalue weighted by Gasteiger charge is -2.15. The number of aromatic nitrogens is 3. The highest BCUT2D eigenvalue weighted by atomic mass is 35.5. The number of phenols is 1. The fourth-order valence-electron chi connectivity index (χ4n) is 2.93. The van der Waals surface area contributed by atoms with Crippen LogP contribution < -0.4 is 5.32 Å². The van der Waals surface area contributed by atoms with E-state index in [1.165, 1.54) is 25.3 Å². The molecule has 3 rings (SSSR count). The summed E-state index contributed by atoms with van der Waals surface area (Å²) in [5, 5.41) is 22.3. The average molecular weight is 321 g/mol. The SMILES string of the molecule is CC(NCc1cc(O)cc(Cl)c1)c1nnc2n1CCCCC2. The number of phenolic OH excluding ortho intramolecular Hbond substituents is 1. The van der Waals surface area contributed by atoms with E-state index in [-0.39, 0.29) is 11.8 Å². The lowest BCUT2D eigenvalue weighted by molar-refractivity contribution is 0.472. The summed E-state index contributed by atoms with van der Waals surface area (Å²) in [4.78, 5) is 0. The van der Waals surface area contributed by atoms with E-state index in [2.05, 4.69) is 27.0 Å². The van der Waals surface area contributed by atoms with E-state index in [0.717, 1.165) is 30.2 Å². The number of aromatic hydroxyl groups is 1. The molecule has 5 nitrogen and oxygen atoms in total. The fourth-order valence-corrected chi connectivity index (χ4v) is 3.18. The van der Waals surface area contributed by atoms with Crippen LogP contribution in [-0.2, 0) is 19.5 Å². The smallest absolute Gasteiger partial charge is 0.149 e. The van der Waals surface area contributed by atoms with Crippen molar-refractivity contribution in [2.75, 3.05) is 0 Å². The van der Waals surface area contributed by atoms with Crippen LogP contribution in [0.3, 0.4) is 0 Å². The molecular formula is C16H21ClN4O. The Bertz CT molecular complexity index is 635. The van der Waals surface area contributed by atoms with Gasteiger partial charge in [-0.1, -0.05) is 18.0 Å². The second kappa shape index (κ2) is 6.67. The van der Waals surface area contributed by atoms with Crippen molar-refractivity contribution < 1.29 is 5.11 Å². The first-order valence-corrected chi connectivity index (χ1v) is 8.15. The summed E-state index contributed by atoms with van der Waals surface area (Å²) in [7, 11) is 0. The topological polar surface area (TPSA) is 63.0 Å². The van der Waals surface area contributed by atoms with E-state index in [4.69, 9.17) is 11.6 Å². The molecule has 1 aliphatic rings. The highest BCUT2D eigenvalue weighted by molar-refractivity contribution is 6.30. The van der Waals surface area contributed by atoms with Gasteiger partial charge in [0.05, 0.1) is 6.04 Å². The number of rotatable bonds is 4. The van der Waals surface area contributed by atoms with Crippen LogP contribution in [0.2, 0.25) is 5.02 Å². The van der Waals surface area contributed by atoms with Gasteiger partial charge in [0, 0.05) is 24.5 Å². The molecule has 22 heavy (non-hydrogen) atoms. The summed E-state index contributed by atoms with van der Waals surface area (Å²) in [6.07, 6.45) is 4.66. The number of aryl methyl sites for hydroxylation is 1. The van der Waals surface area contributed by atoms with Crippen LogP contribution in [0.4, 0.5) is 0 Å². The summed E-state index contributed by atoms with van der Waals surface area (Å²) in [5.74, 6) is 2.28. The molecule has 0 aliphatic carbocycles. The molecule has 1 aromatic heterocycles. The molecule has 0 radical (unpaired) electrons. The Morgan fingerprint density at radius 1 is 1.27 bits per heavy atom. The average Bonchev–Trinajstić information content (AvgIpc) is 2.73. The first-order chi connectivity index (χ1) is 10.6. The van der Waals surface area contributed by atoms with Gasteiger partial charge in [-0.3, -0.25) is 0 Å². The predicted octanol–water partition coefficient (Wildman–Crippen LogP) is 3.21. The van der Waals surface area contributed by atoms with Gasteiger partial charge >= 0.3 is 0 Å². The Morgan fingerprint density at radius 2 is 2.14 bits per heavy atom. The lowest BCUT2D eigenvalue weighted by atomic mass is 10.2. The van der Waals surface area contributed by atoms with Crippen molar-refractivity contribution in [2.24, 2.45) is 0 Å². The van der Waals surface area contributed by atoms with Crippen LogP contribution in [0.25, 0.3) is 0 Å². The molecule has 0 saturated carbocycles. The van der Waals surface area contributed by atoms with Crippen LogP contribution in [0.15, 0.2) is 18.2 Å². The maximum Gasteiger partial charge on any atom is 0.149 e. The minimum absolute atomic E-state index is 0.0977. The van der Waals surface area contributed by atoms with Crippen molar-refractivity contribution in [2.45, 2.75) is 51.7 Å². The molecule has 1 aliphatic heterocycles. The fraction of sp³-hybridized carbons (Fsp3) is 0.500. The molecule has 0 amide bonds. The molecule has 1 unspecified atom stereocenters. The van der Waals surface area contributed by atoms with E-state index < -0.39 is 0 Å². The van der Waals surface area contributed by atoms with E-state index in [9.17, 15) is 5.11 Å². The predicted molar refractivity (Wildman–Crippen MR) is 85.9 cm³/mol. The van der Waals surface area contributed by atoms with Crippen LogP contribution in [0, 0.1) is 0 Å². The standard InChI is InChI=1S/C16H21ClN4O/c1-11(18-10-12-7-13(17)9-14(22)8-12)16-20-19-15-5-3-2-4-6-21(15)16/h7-9,11,18,22H,2-6,10H2,1H3. The largest absolute Gasteiger partial charge is 0.508 e.